The van der Waals surface area contributed by atoms with Gasteiger partial charge >= 0.3 is 5.97 Å². The molecule has 2 N–H and O–H groups in total. The quantitative estimate of drug-likeness (QED) is 0.733. The average molecular weight is 252 g/mol. The third-order valence-corrected chi connectivity index (χ3v) is 3.23. The van der Waals surface area contributed by atoms with Crippen LogP contribution in [0.2, 0.25) is 0 Å². The van der Waals surface area contributed by atoms with E-state index in [-0.39, 0.29) is 24.0 Å². The van der Waals surface area contributed by atoms with Gasteiger partial charge in [0.15, 0.2) is 5.78 Å². The van der Waals surface area contributed by atoms with Gasteiger partial charge in [-0.15, -0.1) is 0 Å². The van der Waals surface area contributed by atoms with E-state index in [0.717, 1.165) is 0 Å². The van der Waals surface area contributed by atoms with Gasteiger partial charge in [-0.3, -0.25) is 19.3 Å². The SMILES string of the molecule is CC(C)C(=O)C1=C2NCCN2C(=O)C1CC(=O)O. The number of carbonyl (C=O) groups is 3. The Morgan fingerprint density at radius 1 is 1.50 bits per heavy atom. The van der Waals surface area contributed by atoms with Crippen molar-refractivity contribution in [3.05, 3.63) is 11.4 Å². The number of carboxylic acids is 1. The third kappa shape index (κ3) is 1.87. The number of hydrogen-bond donors (Lipinski definition) is 2. The minimum absolute atomic E-state index is 0.151. The van der Waals surface area contributed by atoms with Crippen molar-refractivity contribution in [1.29, 1.82) is 0 Å². The molecule has 0 radical (unpaired) electrons. The topological polar surface area (TPSA) is 86.7 Å². The number of carbonyl (C=O) groups excluding carboxylic acids is 2. The van der Waals surface area contributed by atoms with Gasteiger partial charge in [-0.2, -0.15) is 0 Å². The number of ketones is 1. The molecule has 1 unspecified atom stereocenters. The van der Waals surface area contributed by atoms with E-state index in [2.05, 4.69) is 5.32 Å². The van der Waals surface area contributed by atoms with E-state index >= 15 is 0 Å². The van der Waals surface area contributed by atoms with Gasteiger partial charge in [-0.25, -0.2) is 0 Å². The van der Waals surface area contributed by atoms with Crippen molar-refractivity contribution in [1.82, 2.24) is 10.2 Å². The fourth-order valence-corrected chi connectivity index (χ4v) is 2.39. The summed E-state index contributed by atoms with van der Waals surface area (Å²) in [6.07, 6.45) is -0.325. The Morgan fingerprint density at radius 2 is 2.17 bits per heavy atom. The molecule has 0 aliphatic carbocycles. The number of aliphatic carboxylic acids is 1. The lowest BCUT2D eigenvalue weighted by atomic mass is 9.89. The third-order valence-electron chi connectivity index (χ3n) is 3.23. The Morgan fingerprint density at radius 3 is 2.72 bits per heavy atom. The summed E-state index contributed by atoms with van der Waals surface area (Å²) in [6.45, 7) is 4.60. The standard InChI is InChI=1S/C12H16N2O4/c1-6(2)10(17)9-7(5-8(15)16)12(18)14-4-3-13-11(9)14/h6-7,13H,3-5H2,1-2H3,(H,15,16). The molecule has 1 fully saturated rings. The maximum atomic E-state index is 12.2. The van der Waals surface area contributed by atoms with Crippen LogP contribution in [-0.2, 0) is 14.4 Å². The Labute approximate surface area is 105 Å². The van der Waals surface area contributed by atoms with Gasteiger partial charge in [0.2, 0.25) is 5.91 Å². The second kappa shape index (κ2) is 4.44. The van der Waals surface area contributed by atoms with Crippen molar-refractivity contribution in [3.8, 4) is 0 Å². The number of nitrogens with one attached hydrogen (secondary N) is 1. The maximum Gasteiger partial charge on any atom is 0.304 e. The molecule has 1 amide bonds. The first-order chi connectivity index (χ1) is 8.43. The molecule has 0 aromatic rings. The Balaban J connectivity index is 2.40. The normalized spacial score (nSPS) is 22.5. The largest absolute Gasteiger partial charge is 0.481 e. The molecule has 0 spiro atoms. The van der Waals surface area contributed by atoms with Gasteiger partial charge in [0.1, 0.15) is 5.82 Å². The lowest BCUT2D eigenvalue weighted by Crippen LogP contribution is -2.29. The summed E-state index contributed by atoms with van der Waals surface area (Å²) in [7, 11) is 0. The molecule has 0 aromatic heterocycles. The molecule has 18 heavy (non-hydrogen) atoms. The lowest BCUT2D eigenvalue weighted by Gasteiger charge is -2.13. The van der Waals surface area contributed by atoms with Crippen LogP contribution < -0.4 is 5.32 Å². The van der Waals surface area contributed by atoms with Crippen molar-refractivity contribution < 1.29 is 19.5 Å². The van der Waals surface area contributed by atoms with E-state index in [1.165, 1.54) is 4.90 Å². The zero-order valence-corrected chi connectivity index (χ0v) is 10.4. The molecule has 2 rings (SSSR count). The number of rotatable bonds is 4. The number of nitrogens with zero attached hydrogens (tertiary/aromatic N) is 1. The van der Waals surface area contributed by atoms with Crippen LogP contribution in [-0.4, -0.2) is 40.8 Å². The Bertz CT molecular complexity index is 453. The second-order valence-corrected chi connectivity index (χ2v) is 4.85. The van der Waals surface area contributed by atoms with E-state index < -0.39 is 11.9 Å². The highest BCUT2D eigenvalue weighted by molar-refractivity contribution is 6.07. The van der Waals surface area contributed by atoms with Gasteiger partial charge in [-0.1, -0.05) is 13.8 Å². The van der Waals surface area contributed by atoms with Gasteiger partial charge in [-0.05, 0) is 0 Å². The van der Waals surface area contributed by atoms with E-state index in [1.54, 1.807) is 13.8 Å². The summed E-state index contributed by atoms with van der Waals surface area (Å²) < 4.78 is 0. The Hall–Kier alpha value is -1.85. The molecule has 0 bridgehead atoms. The zero-order valence-electron chi connectivity index (χ0n) is 10.4. The van der Waals surface area contributed by atoms with Crippen LogP contribution in [0.3, 0.4) is 0 Å². The Kier molecular flexibility index (Phi) is 3.11. The predicted octanol–water partition coefficient (Wildman–Crippen LogP) is -0.0406. The van der Waals surface area contributed by atoms with Crippen LogP contribution in [0.5, 0.6) is 0 Å². The zero-order chi connectivity index (χ0) is 13.4. The molecule has 6 heteroatoms. The average Bonchev–Trinajstić information content (AvgIpc) is 2.82. The molecular weight excluding hydrogens is 236 g/mol. The molecule has 1 atom stereocenters. The monoisotopic (exact) mass is 252 g/mol. The molecule has 2 aliphatic rings. The van der Waals surface area contributed by atoms with Crippen LogP contribution in [0.25, 0.3) is 0 Å². The molecule has 6 nitrogen and oxygen atoms in total. The van der Waals surface area contributed by atoms with Gasteiger partial charge in [0.25, 0.3) is 0 Å². The van der Waals surface area contributed by atoms with E-state index in [0.29, 0.717) is 24.5 Å². The highest BCUT2D eigenvalue weighted by Gasteiger charge is 2.45. The summed E-state index contributed by atoms with van der Waals surface area (Å²) in [5.41, 5.74) is 0.342. The molecular formula is C12H16N2O4. The molecule has 1 saturated heterocycles. The molecule has 2 aliphatic heterocycles. The van der Waals surface area contributed by atoms with Crippen LogP contribution in [0.1, 0.15) is 20.3 Å². The number of hydrogen-bond acceptors (Lipinski definition) is 4. The summed E-state index contributed by atoms with van der Waals surface area (Å²) >= 11 is 0. The highest BCUT2D eigenvalue weighted by Crippen LogP contribution is 2.34. The van der Waals surface area contributed by atoms with Gasteiger partial charge < -0.3 is 10.4 Å². The summed E-state index contributed by atoms with van der Waals surface area (Å²) in [5.74, 6) is -2.06. The molecule has 0 saturated carbocycles. The summed E-state index contributed by atoms with van der Waals surface area (Å²) in [5, 5.41) is 11.9. The first-order valence-corrected chi connectivity index (χ1v) is 5.99. The van der Waals surface area contributed by atoms with Gasteiger partial charge in [0.05, 0.1) is 12.3 Å². The number of Topliss-reactive ketones (excluding diaryl/α,β-unsaturated/α-hetero) is 1. The fraction of sp³-hybridized carbons (Fsp3) is 0.583. The van der Waals surface area contributed by atoms with E-state index in [4.69, 9.17) is 5.11 Å². The van der Waals surface area contributed by atoms with E-state index in [9.17, 15) is 14.4 Å². The van der Waals surface area contributed by atoms with Crippen molar-refractivity contribution in [3.63, 3.8) is 0 Å². The maximum absolute atomic E-state index is 12.2. The van der Waals surface area contributed by atoms with Crippen LogP contribution in [0, 0.1) is 11.8 Å². The smallest absolute Gasteiger partial charge is 0.304 e. The highest BCUT2D eigenvalue weighted by atomic mass is 16.4. The van der Waals surface area contributed by atoms with E-state index in [1.807, 2.05) is 0 Å². The lowest BCUT2D eigenvalue weighted by molar-refractivity contribution is -0.141. The first-order valence-electron chi connectivity index (χ1n) is 5.99. The van der Waals surface area contributed by atoms with Crippen molar-refractivity contribution in [2.75, 3.05) is 13.1 Å². The number of amides is 1. The summed E-state index contributed by atoms with van der Waals surface area (Å²) in [6, 6.07) is 0. The van der Waals surface area contributed by atoms with Crippen LogP contribution >= 0.6 is 0 Å². The van der Waals surface area contributed by atoms with Crippen molar-refractivity contribution in [2.45, 2.75) is 20.3 Å². The van der Waals surface area contributed by atoms with Crippen molar-refractivity contribution >= 4 is 17.7 Å². The van der Waals surface area contributed by atoms with Crippen molar-refractivity contribution in [2.24, 2.45) is 11.8 Å². The molecule has 98 valence electrons. The fourth-order valence-electron chi connectivity index (χ4n) is 2.39. The molecule has 2 heterocycles. The minimum atomic E-state index is -1.07. The first kappa shape index (κ1) is 12.6. The molecule has 0 aromatic carbocycles. The van der Waals surface area contributed by atoms with Crippen LogP contribution in [0.4, 0.5) is 0 Å². The van der Waals surface area contributed by atoms with Gasteiger partial charge in [0, 0.05) is 24.6 Å². The number of carboxylic acid groups (broad SMARTS) is 1. The number of fused-ring (bicyclic) bond motifs is 1. The minimum Gasteiger partial charge on any atom is -0.481 e. The second-order valence-electron chi connectivity index (χ2n) is 4.85. The van der Waals surface area contributed by atoms with Crippen LogP contribution in [0.15, 0.2) is 11.4 Å². The predicted molar refractivity (Wildman–Crippen MR) is 62.3 cm³/mol. The summed E-state index contributed by atoms with van der Waals surface area (Å²) in [4.78, 5) is 36.6.